The summed E-state index contributed by atoms with van der Waals surface area (Å²) in [4.78, 5) is 19.0. The molecule has 1 fully saturated rings. The lowest BCUT2D eigenvalue weighted by molar-refractivity contribution is -0.253. The number of nitrogens with zero attached hydrogens (tertiary/aromatic N) is 2. The number of carbonyl (C=O) groups is 1. The third kappa shape index (κ3) is 6.76. The van der Waals surface area contributed by atoms with E-state index in [4.69, 9.17) is 18.9 Å². The molecule has 3 heterocycles. The van der Waals surface area contributed by atoms with Crippen molar-refractivity contribution in [1.29, 1.82) is 0 Å². The molecule has 3 aromatic carbocycles. The number of benzene rings is 3. The van der Waals surface area contributed by atoms with Gasteiger partial charge in [0.1, 0.15) is 0 Å². The zero-order valence-electron chi connectivity index (χ0n) is 24.9. The van der Waals surface area contributed by atoms with Crippen LogP contribution < -0.4 is 14.8 Å². The topological polar surface area (TPSA) is 102 Å². The molecule has 2 aliphatic heterocycles. The molecule has 9 nitrogen and oxygen atoms in total. The number of hydrogen-bond donors (Lipinski definition) is 2. The van der Waals surface area contributed by atoms with Crippen LogP contribution >= 0.6 is 0 Å². The van der Waals surface area contributed by atoms with E-state index in [1.165, 1.54) is 17.3 Å². The first kappa shape index (κ1) is 29.8. The Morgan fingerprint density at radius 2 is 1.70 bits per heavy atom. The highest BCUT2D eigenvalue weighted by molar-refractivity contribution is 6.04. The summed E-state index contributed by atoms with van der Waals surface area (Å²) in [6.07, 6.45) is 3.94. The van der Waals surface area contributed by atoms with E-state index in [1.54, 1.807) is 32.5 Å². The zero-order valence-corrected chi connectivity index (χ0v) is 24.9. The molecule has 0 radical (unpaired) electrons. The van der Waals surface area contributed by atoms with E-state index in [-0.39, 0.29) is 24.7 Å². The number of pyridine rings is 1. The first-order valence-corrected chi connectivity index (χ1v) is 14.8. The normalized spacial score (nSPS) is 20.0. The lowest BCUT2D eigenvalue weighted by Gasteiger charge is -2.39. The number of methoxy groups -OCH3 is 2. The van der Waals surface area contributed by atoms with Crippen molar-refractivity contribution in [2.75, 3.05) is 32.6 Å². The molecule has 1 amide bonds. The van der Waals surface area contributed by atoms with Crippen LogP contribution in [0.1, 0.15) is 57.0 Å². The first-order valence-electron chi connectivity index (χ1n) is 14.8. The van der Waals surface area contributed by atoms with Gasteiger partial charge < -0.3 is 29.4 Å². The van der Waals surface area contributed by atoms with Crippen LogP contribution in [-0.2, 0) is 29.0 Å². The van der Waals surface area contributed by atoms with Crippen molar-refractivity contribution in [3.63, 3.8) is 0 Å². The molecule has 2 N–H and O–H groups in total. The fourth-order valence-corrected chi connectivity index (χ4v) is 5.84. The van der Waals surface area contributed by atoms with Crippen molar-refractivity contribution in [3.8, 4) is 11.5 Å². The van der Waals surface area contributed by atoms with E-state index >= 15 is 0 Å². The van der Waals surface area contributed by atoms with Crippen LogP contribution in [0.2, 0.25) is 0 Å². The number of ether oxygens (including phenoxy) is 4. The molecule has 0 bridgehead atoms. The molecule has 44 heavy (non-hydrogen) atoms. The quantitative estimate of drug-likeness (QED) is 0.264. The number of rotatable bonds is 9. The van der Waals surface area contributed by atoms with Gasteiger partial charge in [0.05, 0.1) is 38.6 Å². The van der Waals surface area contributed by atoms with E-state index in [0.717, 1.165) is 54.2 Å². The number of aromatic nitrogens is 1. The van der Waals surface area contributed by atoms with Gasteiger partial charge in [-0.05, 0) is 65.1 Å². The molecule has 0 unspecified atom stereocenters. The SMILES string of the molecule is COc1cc2c(cc1OC)CN(C[C@@H]1C[C@H](c3ccc(CO)cc3)O[C@H](c3ccc(NC(=O)c4cccnc4)cc3)O1)CC2. The van der Waals surface area contributed by atoms with Crippen molar-refractivity contribution in [3.05, 3.63) is 119 Å². The Balaban J connectivity index is 1.19. The maximum absolute atomic E-state index is 12.6. The molecule has 3 atom stereocenters. The lowest BCUT2D eigenvalue weighted by atomic mass is 9.97. The Hall–Kier alpha value is -4.28. The fraction of sp³-hybridized carbons (Fsp3) is 0.314. The zero-order chi connectivity index (χ0) is 30.5. The van der Waals surface area contributed by atoms with E-state index in [2.05, 4.69) is 27.3 Å². The number of carbonyl (C=O) groups excluding carboxylic acids is 1. The van der Waals surface area contributed by atoms with E-state index < -0.39 is 6.29 Å². The van der Waals surface area contributed by atoms with Gasteiger partial charge in [0.2, 0.25) is 0 Å². The van der Waals surface area contributed by atoms with E-state index in [0.29, 0.717) is 17.7 Å². The van der Waals surface area contributed by atoms with Crippen LogP contribution in [0.25, 0.3) is 0 Å². The lowest BCUT2D eigenvalue weighted by Crippen LogP contribution is -2.41. The van der Waals surface area contributed by atoms with E-state index in [9.17, 15) is 9.90 Å². The minimum atomic E-state index is -0.583. The van der Waals surface area contributed by atoms with Crippen LogP contribution in [0.3, 0.4) is 0 Å². The van der Waals surface area contributed by atoms with Gasteiger partial charge in [-0.15, -0.1) is 0 Å². The smallest absolute Gasteiger partial charge is 0.257 e. The summed E-state index contributed by atoms with van der Waals surface area (Å²) in [5.74, 6) is 1.27. The largest absolute Gasteiger partial charge is 0.493 e. The number of aliphatic hydroxyl groups excluding tert-OH is 1. The number of aliphatic hydroxyl groups is 1. The second-order valence-electron chi connectivity index (χ2n) is 11.1. The molecular formula is C35H37N3O6. The Labute approximate surface area is 257 Å². The van der Waals surface area contributed by atoms with Crippen LogP contribution in [0, 0.1) is 0 Å². The highest BCUT2D eigenvalue weighted by Crippen LogP contribution is 2.39. The molecular weight excluding hydrogens is 558 g/mol. The molecule has 1 saturated heterocycles. The molecule has 228 valence electrons. The Morgan fingerprint density at radius 3 is 2.39 bits per heavy atom. The average Bonchev–Trinajstić information content (AvgIpc) is 3.08. The standard InChI is InChI=1S/C35H37N3O6/c1-41-32-16-26-13-15-38(20-28(26)17-33(32)42-2)21-30-18-31(24-7-5-23(22-39)6-8-24)44-35(43-30)25-9-11-29(12-10-25)37-34(40)27-4-3-14-36-19-27/h3-12,14,16-17,19,30-31,35,39H,13,15,18,20-22H2,1-2H3,(H,37,40)/t30-,31+,35+/m0/s1. The van der Waals surface area contributed by atoms with Crippen LogP contribution in [0.15, 0.2) is 85.2 Å². The van der Waals surface area contributed by atoms with Gasteiger partial charge in [-0.3, -0.25) is 14.7 Å². The number of hydrogen-bond acceptors (Lipinski definition) is 8. The number of anilines is 1. The van der Waals surface area contributed by atoms with Gasteiger partial charge >= 0.3 is 0 Å². The fourth-order valence-electron chi connectivity index (χ4n) is 5.84. The highest BCUT2D eigenvalue weighted by atomic mass is 16.7. The van der Waals surface area contributed by atoms with Crippen molar-refractivity contribution in [2.45, 2.75) is 44.5 Å². The maximum Gasteiger partial charge on any atom is 0.257 e. The molecule has 4 aromatic rings. The van der Waals surface area contributed by atoms with Crippen LogP contribution in [0.4, 0.5) is 5.69 Å². The van der Waals surface area contributed by atoms with Crippen molar-refractivity contribution < 1.29 is 28.8 Å². The number of amides is 1. The minimum absolute atomic E-state index is 0.00305. The first-order chi connectivity index (χ1) is 21.5. The Kier molecular flexibility index (Phi) is 9.18. The summed E-state index contributed by atoms with van der Waals surface area (Å²) in [6, 6.07) is 23.1. The van der Waals surface area contributed by atoms with E-state index in [1.807, 2.05) is 48.5 Å². The molecule has 6 rings (SSSR count). The van der Waals surface area contributed by atoms with Crippen LogP contribution in [0.5, 0.6) is 11.5 Å². The summed E-state index contributed by atoms with van der Waals surface area (Å²) in [5, 5.41) is 12.4. The Morgan fingerprint density at radius 1 is 0.977 bits per heavy atom. The third-order valence-corrected chi connectivity index (χ3v) is 8.24. The van der Waals surface area contributed by atoms with Crippen molar-refractivity contribution in [2.24, 2.45) is 0 Å². The van der Waals surface area contributed by atoms with Gasteiger partial charge in [-0.2, -0.15) is 0 Å². The predicted octanol–water partition coefficient (Wildman–Crippen LogP) is 5.45. The monoisotopic (exact) mass is 595 g/mol. The summed E-state index contributed by atoms with van der Waals surface area (Å²) >= 11 is 0. The second-order valence-corrected chi connectivity index (χ2v) is 11.1. The molecule has 0 aliphatic carbocycles. The number of fused-ring (bicyclic) bond motifs is 1. The van der Waals surface area contributed by atoms with Crippen molar-refractivity contribution in [1.82, 2.24) is 9.88 Å². The molecule has 2 aliphatic rings. The van der Waals surface area contributed by atoms with Crippen molar-refractivity contribution >= 4 is 11.6 Å². The summed E-state index contributed by atoms with van der Waals surface area (Å²) < 4.78 is 24.2. The predicted molar refractivity (Wildman–Crippen MR) is 166 cm³/mol. The maximum atomic E-state index is 12.6. The molecule has 1 aromatic heterocycles. The van der Waals surface area contributed by atoms with Gasteiger partial charge in [-0.25, -0.2) is 0 Å². The summed E-state index contributed by atoms with van der Waals surface area (Å²) in [5.41, 5.74) is 6.45. The Bertz CT molecular complexity index is 1560. The second kappa shape index (κ2) is 13.6. The number of nitrogens with one attached hydrogen (secondary N) is 1. The molecule has 0 spiro atoms. The van der Waals surface area contributed by atoms with Gasteiger partial charge in [0, 0.05) is 49.7 Å². The summed E-state index contributed by atoms with van der Waals surface area (Å²) in [6.45, 7) is 2.45. The average molecular weight is 596 g/mol. The highest BCUT2D eigenvalue weighted by Gasteiger charge is 2.34. The molecule has 9 heteroatoms. The van der Waals surface area contributed by atoms with Gasteiger partial charge in [-0.1, -0.05) is 36.4 Å². The van der Waals surface area contributed by atoms with Gasteiger partial charge in [0.15, 0.2) is 17.8 Å². The van der Waals surface area contributed by atoms with Gasteiger partial charge in [0.25, 0.3) is 5.91 Å². The summed E-state index contributed by atoms with van der Waals surface area (Å²) in [7, 11) is 3.33. The minimum Gasteiger partial charge on any atom is -0.493 e. The third-order valence-electron chi connectivity index (χ3n) is 8.24. The molecule has 0 saturated carbocycles. The van der Waals surface area contributed by atoms with Crippen LogP contribution in [-0.4, -0.2) is 54.3 Å².